The average Bonchev–Trinajstić information content (AvgIpc) is 2.93. The number of anilines is 1. The van der Waals surface area contributed by atoms with E-state index >= 15 is 0 Å². The van der Waals surface area contributed by atoms with Crippen molar-refractivity contribution in [2.45, 2.75) is 20.3 Å². The molecule has 3 amide bonds. The third-order valence-electron chi connectivity index (χ3n) is 4.20. The second-order valence-electron chi connectivity index (χ2n) is 6.71. The second kappa shape index (κ2) is 7.09. The summed E-state index contributed by atoms with van der Waals surface area (Å²) >= 11 is 0. The van der Waals surface area contributed by atoms with Gasteiger partial charge < -0.3 is 14.8 Å². The SMILES string of the molecule is C[C@@H]1C[C@@H](C)CN(CC(=O)NC(=O)Nc2ccc3c(c2)OCO3)C1. The van der Waals surface area contributed by atoms with Crippen LogP contribution in [0.2, 0.25) is 0 Å². The van der Waals surface area contributed by atoms with Crippen LogP contribution in [0.5, 0.6) is 11.5 Å². The molecule has 130 valence electrons. The zero-order valence-electron chi connectivity index (χ0n) is 14.0. The molecule has 0 unspecified atom stereocenters. The van der Waals surface area contributed by atoms with E-state index in [1.807, 2.05) is 0 Å². The molecule has 7 nitrogen and oxygen atoms in total. The van der Waals surface area contributed by atoms with Crippen LogP contribution in [0.1, 0.15) is 20.3 Å². The van der Waals surface area contributed by atoms with Crippen molar-refractivity contribution in [3.63, 3.8) is 0 Å². The van der Waals surface area contributed by atoms with E-state index in [-0.39, 0.29) is 19.2 Å². The van der Waals surface area contributed by atoms with Crippen LogP contribution in [0.25, 0.3) is 0 Å². The lowest BCUT2D eigenvalue weighted by Crippen LogP contribution is -2.46. The van der Waals surface area contributed by atoms with Gasteiger partial charge in [0.15, 0.2) is 11.5 Å². The van der Waals surface area contributed by atoms with Gasteiger partial charge in [0.25, 0.3) is 0 Å². The number of benzene rings is 1. The number of likely N-dealkylation sites (tertiary alicyclic amines) is 1. The molecule has 0 spiro atoms. The average molecular weight is 333 g/mol. The predicted octanol–water partition coefficient (Wildman–Crippen LogP) is 2.04. The Morgan fingerprint density at radius 2 is 1.88 bits per heavy atom. The number of imide groups is 1. The zero-order valence-corrected chi connectivity index (χ0v) is 14.0. The maximum atomic E-state index is 12.1. The minimum Gasteiger partial charge on any atom is -0.454 e. The summed E-state index contributed by atoms with van der Waals surface area (Å²) in [5.74, 6) is 2.07. The molecule has 24 heavy (non-hydrogen) atoms. The summed E-state index contributed by atoms with van der Waals surface area (Å²) in [6.07, 6.45) is 1.18. The van der Waals surface area contributed by atoms with E-state index in [2.05, 4.69) is 29.4 Å². The van der Waals surface area contributed by atoms with Gasteiger partial charge in [0.2, 0.25) is 12.7 Å². The summed E-state index contributed by atoms with van der Waals surface area (Å²) in [5, 5.41) is 5.00. The van der Waals surface area contributed by atoms with Crippen molar-refractivity contribution >= 4 is 17.6 Å². The summed E-state index contributed by atoms with van der Waals surface area (Å²) in [7, 11) is 0. The van der Waals surface area contributed by atoms with Crippen molar-refractivity contribution in [3.8, 4) is 11.5 Å². The van der Waals surface area contributed by atoms with Gasteiger partial charge in [-0.05, 0) is 30.4 Å². The van der Waals surface area contributed by atoms with Gasteiger partial charge in [-0.2, -0.15) is 0 Å². The highest BCUT2D eigenvalue weighted by molar-refractivity contribution is 6.01. The molecule has 2 heterocycles. The van der Waals surface area contributed by atoms with E-state index in [4.69, 9.17) is 9.47 Å². The number of nitrogens with one attached hydrogen (secondary N) is 2. The van der Waals surface area contributed by atoms with E-state index < -0.39 is 6.03 Å². The number of piperidine rings is 1. The quantitative estimate of drug-likeness (QED) is 0.885. The number of ether oxygens (including phenoxy) is 2. The minimum absolute atomic E-state index is 0.177. The predicted molar refractivity (Wildman–Crippen MR) is 89.1 cm³/mol. The van der Waals surface area contributed by atoms with Gasteiger partial charge in [-0.1, -0.05) is 13.8 Å². The fraction of sp³-hybridized carbons (Fsp3) is 0.529. The molecule has 0 bridgehead atoms. The van der Waals surface area contributed by atoms with Gasteiger partial charge >= 0.3 is 6.03 Å². The highest BCUT2D eigenvalue weighted by Crippen LogP contribution is 2.34. The normalized spacial score (nSPS) is 22.9. The van der Waals surface area contributed by atoms with Crippen molar-refractivity contribution in [1.29, 1.82) is 0 Å². The Morgan fingerprint density at radius 1 is 1.17 bits per heavy atom. The summed E-state index contributed by atoms with van der Waals surface area (Å²) in [5.41, 5.74) is 0.546. The van der Waals surface area contributed by atoms with Crippen molar-refractivity contribution < 1.29 is 19.1 Å². The van der Waals surface area contributed by atoms with Crippen LogP contribution in [0.4, 0.5) is 10.5 Å². The molecule has 2 atom stereocenters. The monoisotopic (exact) mass is 333 g/mol. The number of hydrogen-bond acceptors (Lipinski definition) is 5. The Hall–Kier alpha value is -2.28. The summed E-state index contributed by atoms with van der Waals surface area (Å²) < 4.78 is 10.5. The molecule has 0 aromatic heterocycles. The second-order valence-corrected chi connectivity index (χ2v) is 6.71. The van der Waals surface area contributed by atoms with Crippen LogP contribution >= 0.6 is 0 Å². The number of carbonyl (C=O) groups excluding carboxylic acids is 2. The first-order valence-corrected chi connectivity index (χ1v) is 8.22. The maximum Gasteiger partial charge on any atom is 0.325 e. The molecular formula is C17H23N3O4. The Bertz CT molecular complexity index is 624. The molecular weight excluding hydrogens is 310 g/mol. The van der Waals surface area contributed by atoms with Gasteiger partial charge in [0.05, 0.1) is 6.54 Å². The number of fused-ring (bicyclic) bond motifs is 1. The molecule has 2 aliphatic heterocycles. The first-order chi connectivity index (χ1) is 11.5. The van der Waals surface area contributed by atoms with Gasteiger partial charge in [-0.3, -0.25) is 15.0 Å². The lowest BCUT2D eigenvalue weighted by Gasteiger charge is -2.34. The molecule has 0 aliphatic carbocycles. The molecule has 7 heteroatoms. The lowest BCUT2D eigenvalue weighted by atomic mass is 9.92. The van der Waals surface area contributed by atoms with Crippen molar-refractivity contribution in [3.05, 3.63) is 18.2 Å². The van der Waals surface area contributed by atoms with Gasteiger partial charge in [0, 0.05) is 24.8 Å². The molecule has 1 aromatic rings. The molecule has 3 rings (SSSR count). The standard InChI is InChI=1S/C17H23N3O4/c1-11-5-12(2)8-20(7-11)9-16(21)19-17(22)18-13-3-4-14-15(6-13)24-10-23-14/h3-4,6,11-12H,5,7-10H2,1-2H3,(H2,18,19,21,22)/t11-,12-/m1/s1. The number of amides is 3. The van der Waals surface area contributed by atoms with E-state index in [9.17, 15) is 9.59 Å². The summed E-state index contributed by atoms with van der Waals surface area (Å²) in [6.45, 7) is 6.57. The molecule has 2 N–H and O–H groups in total. The smallest absolute Gasteiger partial charge is 0.325 e. The van der Waals surface area contributed by atoms with Crippen molar-refractivity contribution in [2.24, 2.45) is 11.8 Å². The number of urea groups is 1. The summed E-state index contributed by atoms with van der Waals surface area (Å²) in [4.78, 5) is 26.1. The van der Waals surface area contributed by atoms with E-state index in [0.29, 0.717) is 29.0 Å². The number of nitrogens with zero attached hydrogens (tertiary/aromatic N) is 1. The van der Waals surface area contributed by atoms with Crippen LogP contribution in [-0.4, -0.2) is 43.3 Å². The van der Waals surface area contributed by atoms with Crippen LogP contribution in [0.3, 0.4) is 0 Å². The minimum atomic E-state index is -0.544. The van der Waals surface area contributed by atoms with Gasteiger partial charge in [-0.25, -0.2) is 4.79 Å². The molecule has 0 saturated carbocycles. The zero-order chi connectivity index (χ0) is 17.1. The maximum absolute atomic E-state index is 12.1. The third kappa shape index (κ3) is 4.17. The Labute approximate surface area is 141 Å². The summed E-state index contributed by atoms with van der Waals surface area (Å²) in [6, 6.07) is 4.54. The first-order valence-electron chi connectivity index (χ1n) is 8.22. The Morgan fingerprint density at radius 3 is 2.62 bits per heavy atom. The first kappa shape index (κ1) is 16.6. The number of hydrogen-bond donors (Lipinski definition) is 2. The van der Waals surface area contributed by atoms with E-state index in [0.717, 1.165) is 13.1 Å². The highest BCUT2D eigenvalue weighted by atomic mass is 16.7. The fourth-order valence-electron chi connectivity index (χ4n) is 3.43. The lowest BCUT2D eigenvalue weighted by molar-refractivity contribution is -0.121. The fourth-order valence-corrected chi connectivity index (χ4v) is 3.43. The number of rotatable bonds is 3. The van der Waals surface area contributed by atoms with E-state index in [1.165, 1.54) is 6.42 Å². The van der Waals surface area contributed by atoms with Crippen LogP contribution in [0, 0.1) is 11.8 Å². The Balaban J connectivity index is 1.48. The third-order valence-corrected chi connectivity index (χ3v) is 4.20. The highest BCUT2D eigenvalue weighted by Gasteiger charge is 2.24. The van der Waals surface area contributed by atoms with Crippen molar-refractivity contribution in [1.82, 2.24) is 10.2 Å². The topological polar surface area (TPSA) is 79.9 Å². The number of carbonyl (C=O) groups is 2. The van der Waals surface area contributed by atoms with E-state index in [1.54, 1.807) is 18.2 Å². The van der Waals surface area contributed by atoms with Gasteiger partial charge in [-0.15, -0.1) is 0 Å². The van der Waals surface area contributed by atoms with Crippen LogP contribution < -0.4 is 20.1 Å². The molecule has 2 aliphatic rings. The molecule has 0 radical (unpaired) electrons. The molecule has 1 saturated heterocycles. The molecule has 1 aromatic carbocycles. The van der Waals surface area contributed by atoms with Gasteiger partial charge in [0.1, 0.15) is 0 Å². The van der Waals surface area contributed by atoms with Crippen LogP contribution in [0.15, 0.2) is 18.2 Å². The van der Waals surface area contributed by atoms with Crippen molar-refractivity contribution in [2.75, 3.05) is 31.7 Å². The Kier molecular flexibility index (Phi) is 4.89. The largest absolute Gasteiger partial charge is 0.454 e. The molecule has 1 fully saturated rings. The van der Waals surface area contributed by atoms with Crippen LogP contribution in [-0.2, 0) is 4.79 Å².